The van der Waals surface area contributed by atoms with Crippen molar-refractivity contribution in [2.75, 3.05) is 0 Å². The summed E-state index contributed by atoms with van der Waals surface area (Å²) in [6, 6.07) is 23.0. The highest BCUT2D eigenvalue weighted by Gasteiger charge is 2.31. The van der Waals surface area contributed by atoms with E-state index < -0.39 is 0 Å². The molecule has 0 spiro atoms. The van der Waals surface area contributed by atoms with Crippen molar-refractivity contribution in [2.24, 2.45) is 0 Å². The quantitative estimate of drug-likeness (QED) is 0.197. The minimum Gasteiger partial charge on any atom is -0.370 e. The molecule has 0 fully saturated rings. The van der Waals surface area contributed by atoms with E-state index in [0.29, 0.717) is 6.61 Å². The van der Waals surface area contributed by atoms with E-state index in [9.17, 15) is 4.79 Å². The van der Waals surface area contributed by atoms with Crippen LogP contribution in [0.5, 0.6) is 0 Å². The number of aryl methyl sites for hydroxylation is 1. The van der Waals surface area contributed by atoms with Gasteiger partial charge in [0.25, 0.3) is 5.56 Å². The third-order valence-corrected chi connectivity index (χ3v) is 8.62. The molecule has 0 bridgehead atoms. The van der Waals surface area contributed by atoms with Crippen molar-refractivity contribution in [1.82, 2.24) is 9.55 Å². The lowest BCUT2D eigenvalue weighted by molar-refractivity contribution is -0.0379. The molecule has 0 amide bonds. The summed E-state index contributed by atoms with van der Waals surface area (Å²) in [5.74, 6) is 0.732. The van der Waals surface area contributed by atoms with Gasteiger partial charge in [0.05, 0.1) is 23.3 Å². The highest BCUT2D eigenvalue weighted by atomic mass is 32.2. The smallest absolute Gasteiger partial charge is 0.267 e. The predicted molar refractivity (Wildman–Crippen MR) is 146 cm³/mol. The summed E-state index contributed by atoms with van der Waals surface area (Å²) in [7, 11) is 0. The predicted octanol–water partition coefficient (Wildman–Crippen LogP) is 7.05. The van der Waals surface area contributed by atoms with Crippen molar-refractivity contribution in [3.63, 3.8) is 0 Å². The first-order valence-electron chi connectivity index (χ1n) is 11.8. The van der Waals surface area contributed by atoms with E-state index in [-0.39, 0.29) is 11.2 Å². The maximum atomic E-state index is 14.1. The minimum atomic E-state index is -0.287. The number of ether oxygens (including phenoxy) is 1. The number of hydrogen-bond donors (Lipinski definition) is 0. The molecule has 0 N–H and O–H groups in total. The Balaban J connectivity index is 1.48. The van der Waals surface area contributed by atoms with Gasteiger partial charge in [0.1, 0.15) is 4.83 Å². The van der Waals surface area contributed by atoms with Crippen molar-refractivity contribution in [1.29, 1.82) is 0 Å². The van der Waals surface area contributed by atoms with Gasteiger partial charge >= 0.3 is 0 Å². The standard InChI is InChI=1S/C29H26N2O2S2/c1-18-7-6-10-22(13-18)31-27(32)25-23-15-29(2,3)33-16-24(23)35-26(25)30-28(31)34-17-19-11-12-20-8-4-5-9-21(20)14-19/h4-14H,15-17H2,1-3H3. The minimum absolute atomic E-state index is 0.0109. The maximum Gasteiger partial charge on any atom is 0.267 e. The molecule has 2 aromatic heterocycles. The van der Waals surface area contributed by atoms with Crippen LogP contribution in [0.3, 0.4) is 0 Å². The third kappa shape index (κ3) is 4.20. The van der Waals surface area contributed by atoms with E-state index in [1.165, 1.54) is 16.3 Å². The molecule has 1 aliphatic heterocycles. The Bertz CT molecular complexity index is 1650. The number of thiophene rings is 1. The Morgan fingerprint density at radius 3 is 2.71 bits per heavy atom. The number of benzene rings is 3. The molecule has 176 valence electrons. The summed E-state index contributed by atoms with van der Waals surface area (Å²) in [6.45, 7) is 6.75. The first-order valence-corrected chi connectivity index (χ1v) is 13.6. The first kappa shape index (κ1) is 22.5. The maximum absolute atomic E-state index is 14.1. The Hall–Kier alpha value is -2.93. The number of nitrogens with zero attached hydrogens (tertiary/aromatic N) is 2. The van der Waals surface area contributed by atoms with Crippen molar-refractivity contribution < 1.29 is 4.74 Å². The van der Waals surface area contributed by atoms with Crippen molar-refractivity contribution in [2.45, 2.75) is 50.3 Å². The second kappa shape index (κ2) is 8.63. The number of aromatic nitrogens is 2. The zero-order valence-electron chi connectivity index (χ0n) is 20.0. The van der Waals surface area contributed by atoms with Crippen LogP contribution in [0.25, 0.3) is 26.7 Å². The zero-order chi connectivity index (χ0) is 24.2. The zero-order valence-corrected chi connectivity index (χ0v) is 21.6. The molecule has 35 heavy (non-hydrogen) atoms. The van der Waals surface area contributed by atoms with E-state index in [4.69, 9.17) is 9.72 Å². The molecule has 0 saturated heterocycles. The highest BCUT2D eigenvalue weighted by molar-refractivity contribution is 7.98. The van der Waals surface area contributed by atoms with Crippen molar-refractivity contribution in [3.05, 3.63) is 98.7 Å². The van der Waals surface area contributed by atoms with Gasteiger partial charge in [-0.25, -0.2) is 4.98 Å². The fraction of sp³-hybridized carbons (Fsp3) is 0.241. The normalized spacial score (nSPS) is 14.9. The number of thioether (sulfide) groups is 1. The topological polar surface area (TPSA) is 44.1 Å². The van der Waals surface area contributed by atoms with Gasteiger partial charge in [0.2, 0.25) is 0 Å². The van der Waals surface area contributed by atoms with Gasteiger partial charge in [-0.15, -0.1) is 11.3 Å². The van der Waals surface area contributed by atoms with Gasteiger partial charge in [-0.05, 0) is 60.4 Å². The van der Waals surface area contributed by atoms with Gasteiger partial charge in [-0.3, -0.25) is 9.36 Å². The molecule has 0 atom stereocenters. The molecule has 3 aromatic carbocycles. The van der Waals surface area contributed by atoms with E-state index in [0.717, 1.165) is 49.2 Å². The Morgan fingerprint density at radius 1 is 1.06 bits per heavy atom. The van der Waals surface area contributed by atoms with Crippen molar-refractivity contribution >= 4 is 44.1 Å². The summed E-state index contributed by atoms with van der Waals surface area (Å²) in [6.07, 6.45) is 0.719. The monoisotopic (exact) mass is 498 g/mol. The van der Waals surface area contributed by atoms with Crippen LogP contribution in [0.1, 0.15) is 35.4 Å². The molecular formula is C29H26N2O2S2. The summed E-state index contributed by atoms with van der Waals surface area (Å²) in [4.78, 5) is 21.1. The van der Waals surface area contributed by atoms with Crippen LogP contribution >= 0.6 is 23.1 Å². The van der Waals surface area contributed by atoms with Crippen LogP contribution in [-0.4, -0.2) is 15.2 Å². The third-order valence-electron chi connectivity index (χ3n) is 6.52. The molecule has 3 heterocycles. The lowest BCUT2D eigenvalue weighted by Gasteiger charge is -2.29. The van der Waals surface area contributed by atoms with E-state index in [2.05, 4.69) is 75.4 Å². The van der Waals surface area contributed by atoms with Gasteiger partial charge in [-0.1, -0.05) is 66.4 Å². The van der Waals surface area contributed by atoms with Crippen LogP contribution in [0, 0.1) is 6.92 Å². The second-order valence-electron chi connectivity index (χ2n) is 9.75. The summed E-state index contributed by atoms with van der Waals surface area (Å²) in [5.41, 5.74) is 4.01. The Morgan fingerprint density at radius 2 is 1.89 bits per heavy atom. The molecule has 4 nitrogen and oxygen atoms in total. The molecule has 6 heteroatoms. The molecule has 5 aromatic rings. The van der Waals surface area contributed by atoms with Crippen LogP contribution in [0.15, 0.2) is 76.7 Å². The Labute approximate surface area is 212 Å². The fourth-order valence-corrected chi connectivity index (χ4v) is 6.84. The Kier molecular flexibility index (Phi) is 5.55. The fourth-order valence-electron chi connectivity index (χ4n) is 4.74. The number of hydrogen-bond acceptors (Lipinski definition) is 5. The van der Waals surface area contributed by atoms with Gasteiger partial charge in [0.15, 0.2) is 5.16 Å². The van der Waals surface area contributed by atoms with Gasteiger partial charge < -0.3 is 4.74 Å². The number of rotatable bonds is 4. The van der Waals surface area contributed by atoms with E-state index in [1.54, 1.807) is 27.7 Å². The second-order valence-corrected chi connectivity index (χ2v) is 11.8. The van der Waals surface area contributed by atoms with Gasteiger partial charge in [0, 0.05) is 17.1 Å². The number of fused-ring (bicyclic) bond motifs is 4. The van der Waals surface area contributed by atoms with Crippen LogP contribution in [0.4, 0.5) is 0 Å². The molecule has 0 saturated carbocycles. The first-order chi connectivity index (χ1) is 16.9. The highest BCUT2D eigenvalue weighted by Crippen LogP contribution is 2.38. The summed E-state index contributed by atoms with van der Waals surface area (Å²) >= 11 is 3.21. The molecule has 6 rings (SSSR count). The summed E-state index contributed by atoms with van der Waals surface area (Å²) in [5, 5.41) is 3.92. The van der Waals surface area contributed by atoms with Gasteiger partial charge in [-0.2, -0.15) is 0 Å². The average Bonchev–Trinajstić information content (AvgIpc) is 3.19. The lowest BCUT2D eigenvalue weighted by atomic mass is 9.94. The van der Waals surface area contributed by atoms with Crippen LogP contribution in [0.2, 0.25) is 0 Å². The molecule has 0 unspecified atom stereocenters. The summed E-state index contributed by atoms with van der Waals surface area (Å²) < 4.78 is 7.83. The van der Waals surface area contributed by atoms with E-state index >= 15 is 0 Å². The SMILES string of the molecule is Cc1cccc(-n2c(SCc3ccc4ccccc4c3)nc3sc4c(c3c2=O)CC(C)(C)OC4)c1. The molecule has 1 aliphatic rings. The van der Waals surface area contributed by atoms with Crippen LogP contribution < -0.4 is 5.56 Å². The van der Waals surface area contributed by atoms with E-state index in [1.807, 2.05) is 12.1 Å². The van der Waals surface area contributed by atoms with Crippen LogP contribution in [-0.2, 0) is 23.5 Å². The molecule has 0 radical (unpaired) electrons. The lowest BCUT2D eigenvalue weighted by Crippen LogP contribution is -2.32. The average molecular weight is 499 g/mol. The molecule has 0 aliphatic carbocycles. The van der Waals surface area contributed by atoms with Crippen molar-refractivity contribution in [3.8, 4) is 5.69 Å². The largest absolute Gasteiger partial charge is 0.370 e. The molecular weight excluding hydrogens is 472 g/mol.